The third-order valence-electron chi connectivity index (χ3n) is 6.71. The number of carbonyl (C=O) groups excluding carboxylic acids is 3. The minimum Gasteiger partial charge on any atom is -0.352 e. The molecule has 0 radical (unpaired) electrons. The van der Waals surface area contributed by atoms with E-state index < -0.39 is 30.8 Å². The first-order valence-electron chi connectivity index (χ1n) is 11.7. The van der Waals surface area contributed by atoms with Crippen LogP contribution in [0.1, 0.15) is 45.5 Å². The molecule has 36 heavy (non-hydrogen) atoms. The second kappa shape index (κ2) is 9.11. The summed E-state index contributed by atoms with van der Waals surface area (Å²) in [5.74, 6) is -4.18. The van der Waals surface area contributed by atoms with E-state index in [-0.39, 0.29) is 24.5 Å². The second-order valence-corrected chi connectivity index (χ2v) is 9.12. The van der Waals surface area contributed by atoms with Gasteiger partial charge < -0.3 is 10.2 Å². The maximum Gasteiger partial charge on any atom is 0.268 e. The maximum atomic E-state index is 13.7. The number of fused-ring (bicyclic) bond motifs is 2. The number of nitriles is 1. The van der Waals surface area contributed by atoms with Crippen molar-refractivity contribution in [1.82, 2.24) is 15.2 Å². The quantitative estimate of drug-likeness (QED) is 0.549. The fourth-order valence-corrected chi connectivity index (χ4v) is 4.85. The van der Waals surface area contributed by atoms with Gasteiger partial charge in [0, 0.05) is 48.5 Å². The van der Waals surface area contributed by atoms with Crippen LogP contribution in [0.2, 0.25) is 0 Å². The van der Waals surface area contributed by atoms with E-state index >= 15 is 0 Å². The van der Waals surface area contributed by atoms with Crippen LogP contribution < -0.4 is 5.32 Å². The lowest BCUT2D eigenvalue weighted by Crippen LogP contribution is -2.36. The van der Waals surface area contributed by atoms with Gasteiger partial charge in [0.05, 0.1) is 18.1 Å². The number of hydrogen-bond acceptors (Lipinski definition) is 5. The highest BCUT2D eigenvalue weighted by Crippen LogP contribution is 2.33. The highest BCUT2D eigenvalue weighted by atomic mass is 19.3. The number of alkyl halides is 2. The summed E-state index contributed by atoms with van der Waals surface area (Å²) in [5.41, 5.74) is 4.20. The number of aromatic nitrogens is 1. The molecular formula is C27H22F2N4O3. The summed E-state index contributed by atoms with van der Waals surface area (Å²) < 4.78 is 27.4. The molecule has 0 bridgehead atoms. The molecule has 3 heterocycles. The number of halogens is 2. The Hall–Kier alpha value is -4.19. The van der Waals surface area contributed by atoms with Crippen molar-refractivity contribution in [3.05, 3.63) is 65.4 Å². The van der Waals surface area contributed by atoms with Crippen LogP contribution in [0.3, 0.4) is 0 Å². The number of carbonyl (C=O) groups is 3. The van der Waals surface area contributed by atoms with Crippen molar-refractivity contribution in [3.8, 4) is 17.2 Å². The predicted octanol–water partition coefficient (Wildman–Crippen LogP) is 3.91. The number of benzene rings is 2. The molecule has 1 N–H and O–H groups in total. The lowest BCUT2D eigenvalue weighted by atomic mass is 9.93. The van der Waals surface area contributed by atoms with Gasteiger partial charge in [-0.2, -0.15) is 5.26 Å². The van der Waals surface area contributed by atoms with E-state index in [0.29, 0.717) is 28.6 Å². The number of likely N-dealkylation sites (tertiary alicyclic amines) is 1. The number of Topliss-reactive ketones (excluding diaryl/α,β-unsaturated/α-hetero) is 1. The van der Waals surface area contributed by atoms with E-state index in [1.54, 1.807) is 18.2 Å². The molecule has 0 spiro atoms. The summed E-state index contributed by atoms with van der Waals surface area (Å²) in [6.45, 7) is -0.198. The van der Waals surface area contributed by atoms with E-state index in [1.165, 1.54) is 6.20 Å². The molecule has 1 saturated heterocycles. The molecule has 0 saturated carbocycles. The Kier molecular flexibility index (Phi) is 5.96. The maximum absolute atomic E-state index is 13.7. The zero-order chi connectivity index (χ0) is 25.4. The van der Waals surface area contributed by atoms with Gasteiger partial charge in [-0.15, -0.1) is 0 Å². The Morgan fingerprint density at radius 2 is 1.92 bits per heavy atom. The van der Waals surface area contributed by atoms with Gasteiger partial charge in [-0.25, -0.2) is 8.78 Å². The highest BCUT2D eigenvalue weighted by Gasteiger charge is 2.47. The van der Waals surface area contributed by atoms with Gasteiger partial charge in [0.25, 0.3) is 11.8 Å². The Morgan fingerprint density at radius 1 is 1.14 bits per heavy atom. The normalized spacial score (nSPS) is 18.4. The van der Waals surface area contributed by atoms with Crippen LogP contribution >= 0.6 is 0 Å². The smallest absolute Gasteiger partial charge is 0.268 e. The average Bonchev–Trinajstić information content (AvgIpc) is 3.21. The molecule has 9 heteroatoms. The third kappa shape index (κ3) is 4.42. The summed E-state index contributed by atoms with van der Waals surface area (Å²) in [4.78, 5) is 43.1. The standard InChI is InChI=1S/C27H22F2N4O3/c28-27(29)13-19(14-30)33(15-27)25(35)6-5-24(34)20-8-10-31-23-4-3-18(12-22(20)23)17-2-1-16-7-9-32-26(36)21(16)11-17/h1-4,8,10-12,19H,5-7,9,13,15H2,(H,32,36)/t19-/m0/s1. The van der Waals surface area contributed by atoms with Crippen molar-refractivity contribution >= 4 is 28.5 Å². The van der Waals surface area contributed by atoms with Gasteiger partial charge in [-0.1, -0.05) is 18.2 Å². The molecule has 3 aromatic rings. The number of hydrogen-bond donors (Lipinski definition) is 1. The Bertz CT molecular complexity index is 1450. The Labute approximate surface area is 205 Å². The molecule has 2 aliphatic heterocycles. The lowest BCUT2D eigenvalue weighted by Gasteiger charge is -2.19. The molecule has 2 aromatic carbocycles. The topological polar surface area (TPSA) is 103 Å². The monoisotopic (exact) mass is 488 g/mol. The highest BCUT2D eigenvalue weighted by molar-refractivity contribution is 6.09. The number of nitrogens with one attached hydrogen (secondary N) is 1. The van der Waals surface area contributed by atoms with Crippen molar-refractivity contribution < 1.29 is 23.2 Å². The van der Waals surface area contributed by atoms with Gasteiger partial charge in [-0.05, 0) is 47.4 Å². The van der Waals surface area contributed by atoms with Gasteiger partial charge in [0.15, 0.2) is 5.78 Å². The summed E-state index contributed by atoms with van der Waals surface area (Å²) in [6, 6.07) is 13.3. The Balaban J connectivity index is 1.39. The molecule has 1 aromatic heterocycles. The number of nitrogens with zero attached hydrogens (tertiary/aromatic N) is 3. The van der Waals surface area contributed by atoms with E-state index in [0.717, 1.165) is 28.0 Å². The van der Waals surface area contributed by atoms with Gasteiger partial charge in [0.1, 0.15) is 6.04 Å². The van der Waals surface area contributed by atoms with Crippen LogP contribution in [0.5, 0.6) is 0 Å². The summed E-state index contributed by atoms with van der Waals surface area (Å²) in [5, 5.41) is 12.6. The molecule has 0 aliphatic carbocycles. The number of pyridine rings is 1. The van der Waals surface area contributed by atoms with Crippen LogP contribution in [0.4, 0.5) is 8.78 Å². The summed E-state index contributed by atoms with van der Waals surface area (Å²) in [7, 11) is 0. The van der Waals surface area contributed by atoms with Gasteiger partial charge in [0.2, 0.25) is 5.91 Å². The van der Waals surface area contributed by atoms with Crippen LogP contribution in [0, 0.1) is 11.3 Å². The third-order valence-corrected chi connectivity index (χ3v) is 6.71. The fraction of sp³-hybridized carbons (Fsp3) is 0.296. The van der Waals surface area contributed by atoms with Crippen LogP contribution in [-0.4, -0.2) is 52.5 Å². The SMILES string of the molecule is N#C[C@@H]1CC(F)(F)CN1C(=O)CCC(=O)c1ccnc2ccc(-c3ccc4c(c3)C(=O)NCC4)cc12. The Morgan fingerprint density at radius 3 is 2.72 bits per heavy atom. The zero-order valence-electron chi connectivity index (χ0n) is 19.3. The van der Waals surface area contributed by atoms with Crippen LogP contribution in [-0.2, 0) is 11.2 Å². The summed E-state index contributed by atoms with van der Waals surface area (Å²) >= 11 is 0. The van der Waals surface area contributed by atoms with Crippen molar-refractivity contribution in [3.63, 3.8) is 0 Å². The molecule has 5 rings (SSSR count). The first-order valence-corrected chi connectivity index (χ1v) is 11.7. The zero-order valence-corrected chi connectivity index (χ0v) is 19.3. The first-order chi connectivity index (χ1) is 17.3. The number of ketones is 1. The van der Waals surface area contributed by atoms with E-state index in [1.807, 2.05) is 30.3 Å². The van der Waals surface area contributed by atoms with E-state index in [4.69, 9.17) is 5.26 Å². The molecular weight excluding hydrogens is 466 g/mol. The minimum absolute atomic E-state index is 0.115. The number of rotatable bonds is 5. The fourth-order valence-electron chi connectivity index (χ4n) is 4.85. The first kappa shape index (κ1) is 23.5. The lowest BCUT2D eigenvalue weighted by molar-refractivity contribution is -0.132. The number of amides is 2. The minimum atomic E-state index is -3.10. The largest absolute Gasteiger partial charge is 0.352 e. The average molecular weight is 488 g/mol. The molecule has 1 fully saturated rings. The van der Waals surface area contributed by atoms with Crippen molar-refractivity contribution in [2.24, 2.45) is 0 Å². The van der Waals surface area contributed by atoms with Crippen molar-refractivity contribution in [2.45, 2.75) is 37.6 Å². The molecule has 2 amide bonds. The van der Waals surface area contributed by atoms with E-state index in [2.05, 4.69) is 10.3 Å². The molecule has 7 nitrogen and oxygen atoms in total. The van der Waals surface area contributed by atoms with Crippen molar-refractivity contribution in [2.75, 3.05) is 13.1 Å². The van der Waals surface area contributed by atoms with Gasteiger partial charge >= 0.3 is 0 Å². The van der Waals surface area contributed by atoms with Crippen molar-refractivity contribution in [1.29, 1.82) is 5.26 Å². The molecule has 2 aliphatic rings. The van der Waals surface area contributed by atoms with E-state index in [9.17, 15) is 23.2 Å². The molecule has 0 unspecified atom stereocenters. The van der Waals surface area contributed by atoms with Crippen LogP contribution in [0.15, 0.2) is 48.7 Å². The molecule has 1 atom stereocenters. The van der Waals surface area contributed by atoms with Crippen LogP contribution in [0.25, 0.3) is 22.0 Å². The summed E-state index contributed by atoms with van der Waals surface area (Å²) in [6.07, 6.45) is 1.14. The van der Waals surface area contributed by atoms with Gasteiger partial charge in [-0.3, -0.25) is 19.4 Å². The molecule has 182 valence electrons. The second-order valence-electron chi connectivity index (χ2n) is 9.12. The predicted molar refractivity (Wildman–Crippen MR) is 127 cm³/mol.